The van der Waals surface area contributed by atoms with E-state index in [1.54, 1.807) is 0 Å². The highest BCUT2D eigenvalue weighted by Gasteiger charge is 2.78. The maximum Gasteiger partial charge on any atom is 0.192 e. The largest absolute Gasteiger partial charge is 0.410 e. The monoisotopic (exact) mass is 336 g/mol. The van der Waals surface area contributed by atoms with Crippen molar-refractivity contribution in [2.24, 2.45) is 17.3 Å². The van der Waals surface area contributed by atoms with Crippen LogP contribution in [0.1, 0.15) is 33.6 Å². The molecule has 23 heavy (non-hydrogen) atoms. The number of allylic oxidation sites excluding steroid dienone is 1. The van der Waals surface area contributed by atoms with Gasteiger partial charge in [0.25, 0.3) is 0 Å². The fourth-order valence-corrected chi connectivity index (χ4v) is 6.64. The van der Waals surface area contributed by atoms with Crippen LogP contribution in [0.15, 0.2) is 12.2 Å². The number of ketones is 1. The minimum Gasteiger partial charge on any atom is -0.410 e. The molecule has 0 aromatic carbocycles. The highest BCUT2D eigenvalue weighted by atomic mass is 28.4. The number of aliphatic hydroxyl groups excluding tert-OH is 1. The summed E-state index contributed by atoms with van der Waals surface area (Å²) in [6.07, 6.45) is 5.74. The zero-order chi connectivity index (χ0) is 16.8. The van der Waals surface area contributed by atoms with Crippen LogP contribution in [0.25, 0.3) is 0 Å². The normalized spacial score (nSPS) is 47.7. The maximum absolute atomic E-state index is 13.1. The van der Waals surface area contributed by atoms with Crippen molar-refractivity contribution in [1.82, 2.24) is 0 Å². The number of rotatable bonds is 3. The molecule has 4 nitrogen and oxygen atoms in total. The number of carbonyl (C=O) groups excluding carboxylic acids is 1. The average Bonchev–Trinajstić information content (AvgIpc) is 2.94. The van der Waals surface area contributed by atoms with Crippen LogP contribution in [0.2, 0.25) is 18.1 Å². The van der Waals surface area contributed by atoms with Gasteiger partial charge in [-0.2, -0.15) is 0 Å². The highest BCUT2D eigenvalue weighted by Crippen LogP contribution is 2.68. The molecule has 2 saturated carbocycles. The summed E-state index contributed by atoms with van der Waals surface area (Å²) in [4.78, 5) is 13.1. The highest BCUT2D eigenvalue weighted by molar-refractivity contribution is 6.74. The molecule has 4 aliphatic rings. The summed E-state index contributed by atoms with van der Waals surface area (Å²) in [5.74, 6) is 0.412. The van der Waals surface area contributed by atoms with Crippen molar-refractivity contribution in [3.05, 3.63) is 12.2 Å². The van der Waals surface area contributed by atoms with Crippen LogP contribution in [-0.2, 0) is 14.0 Å². The van der Waals surface area contributed by atoms with Gasteiger partial charge in [-0.15, -0.1) is 0 Å². The minimum atomic E-state index is -2.08. The predicted octanol–water partition coefficient (Wildman–Crippen LogP) is 2.67. The van der Waals surface area contributed by atoms with E-state index in [2.05, 4.69) is 46.0 Å². The van der Waals surface area contributed by atoms with Gasteiger partial charge < -0.3 is 14.3 Å². The third-order valence-corrected chi connectivity index (χ3v) is 11.8. The Hall–Kier alpha value is -0.493. The summed E-state index contributed by atoms with van der Waals surface area (Å²) in [7, 11) is -2.08. The van der Waals surface area contributed by atoms with E-state index in [9.17, 15) is 9.90 Å². The molecular formula is C18H28O4Si. The number of hydrogen-bond donors (Lipinski definition) is 1. The topological polar surface area (TPSA) is 59.1 Å². The Bertz CT molecular complexity index is 592. The van der Waals surface area contributed by atoms with E-state index < -0.39 is 19.3 Å². The summed E-state index contributed by atoms with van der Waals surface area (Å²) in [5, 5.41) is 10.4. The molecule has 0 aromatic rings. The Morgan fingerprint density at radius 1 is 1.35 bits per heavy atom. The van der Waals surface area contributed by atoms with Crippen LogP contribution in [0.3, 0.4) is 0 Å². The number of aliphatic hydroxyl groups is 1. The fraction of sp³-hybridized carbons (Fsp3) is 0.833. The lowest BCUT2D eigenvalue weighted by Crippen LogP contribution is -2.67. The van der Waals surface area contributed by atoms with E-state index >= 15 is 0 Å². The van der Waals surface area contributed by atoms with Crippen molar-refractivity contribution in [1.29, 1.82) is 0 Å². The fourth-order valence-electron chi connectivity index (χ4n) is 5.01. The quantitative estimate of drug-likeness (QED) is 0.489. The third kappa shape index (κ3) is 1.74. The molecule has 1 heterocycles. The molecular weight excluding hydrogens is 308 g/mol. The first-order valence-electron chi connectivity index (χ1n) is 8.78. The first-order chi connectivity index (χ1) is 10.6. The van der Waals surface area contributed by atoms with Crippen molar-refractivity contribution in [3.8, 4) is 0 Å². The van der Waals surface area contributed by atoms with Crippen LogP contribution < -0.4 is 0 Å². The van der Waals surface area contributed by atoms with Gasteiger partial charge in [-0.3, -0.25) is 4.79 Å². The Morgan fingerprint density at radius 2 is 2.00 bits per heavy atom. The SMILES string of the molecule is CC(C)(C)[Si](C)(C)O[C@]12C[C@@H]3O[C@@H]3C(=O)[C@@]1(CO)[C@H]1C=C[C@@H]2C1. The Morgan fingerprint density at radius 3 is 2.61 bits per heavy atom. The number of epoxide rings is 1. The molecule has 0 aromatic heterocycles. The lowest BCUT2D eigenvalue weighted by atomic mass is 9.58. The summed E-state index contributed by atoms with van der Waals surface area (Å²) in [6, 6.07) is 0. The average molecular weight is 337 g/mol. The molecule has 128 valence electrons. The molecule has 1 aliphatic heterocycles. The molecule has 0 unspecified atom stereocenters. The molecule has 2 bridgehead atoms. The van der Waals surface area contributed by atoms with Gasteiger partial charge in [-0.05, 0) is 30.5 Å². The molecule has 6 atom stereocenters. The van der Waals surface area contributed by atoms with Gasteiger partial charge in [-0.1, -0.05) is 32.9 Å². The van der Waals surface area contributed by atoms with Crippen molar-refractivity contribution in [2.45, 2.75) is 69.6 Å². The summed E-state index contributed by atoms with van der Waals surface area (Å²) in [5.41, 5.74) is -1.36. The van der Waals surface area contributed by atoms with Crippen molar-refractivity contribution in [2.75, 3.05) is 6.61 Å². The number of carbonyl (C=O) groups is 1. The Balaban J connectivity index is 1.83. The van der Waals surface area contributed by atoms with Crippen LogP contribution in [0, 0.1) is 17.3 Å². The second-order valence-electron chi connectivity index (χ2n) is 9.38. The number of fused-ring (bicyclic) bond motifs is 6. The molecule has 3 fully saturated rings. The molecule has 1 N–H and O–H groups in total. The van der Waals surface area contributed by atoms with E-state index in [4.69, 9.17) is 9.16 Å². The maximum atomic E-state index is 13.1. The Kier molecular flexibility index (Phi) is 3.04. The van der Waals surface area contributed by atoms with Crippen molar-refractivity contribution < 1.29 is 19.1 Å². The van der Waals surface area contributed by atoms with Gasteiger partial charge in [-0.25, -0.2) is 0 Å². The summed E-state index contributed by atoms with van der Waals surface area (Å²) < 4.78 is 12.6. The van der Waals surface area contributed by atoms with E-state index in [1.807, 2.05) is 0 Å². The van der Waals surface area contributed by atoms with E-state index in [0.29, 0.717) is 0 Å². The molecule has 0 spiro atoms. The standard InChI is InChI=1S/C18H28O4Si/c1-16(2,3)23(4,5)22-18-9-13-14(21-13)15(20)17(18,10-19)11-6-7-12(18)8-11/h6-7,11-14,19H,8-10H2,1-5H3/t11-,12+,13-,14-,17+,18-/m0/s1. The smallest absolute Gasteiger partial charge is 0.192 e. The second kappa shape index (κ2) is 4.37. The van der Waals surface area contributed by atoms with Crippen molar-refractivity contribution >= 4 is 14.1 Å². The van der Waals surface area contributed by atoms with Crippen LogP contribution >= 0.6 is 0 Å². The molecule has 4 rings (SSSR count). The third-order valence-electron chi connectivity index (χ3n) is 7.35. The van der Waals surface area contributed by atoms with E-state index in [-0.39, 0.29) is 41.5 Å². The van der Waals surface area contributed by atoms with Gasteiger partial charge in [0.05, 0.1) is 23.7 Å². The lowest BCUT2D eigenvalue weighted by Gasteiger charge is -2.55. The first-order valence-corrected chi connectivity index (χ1v) is 11.7. The molecule has 0 radical (unpaired) electrons. The van der Waals surface area contributed by atoms with Crippen LogP contribution in [0.4, 0.5) is 0 Å². The minimum absolute atomic E-state index is 0.000284. The number of Topliss-reactive ketones (excluding diaryl/α,β-unsaturated/α-hetero) is 1. The summed E-state index contributed by atoms with van der Waals surface area (Å²) in [6.45, 7) is 11.0. The predicted molar refractivity (Wildman–Crippen MR) is 89.6 cm³/mol. The van der Waals surface area contributed by atoms with E-state index in [0.717, 1.165) is 12.8 Å². The molecule has 0 amide bonds. The molecule has 5 heteroatoms. The van der Waals surface area contributed by atoms with Gasteiger partial charge in [0, 0.05) is 12.3 Å². The Labute approximate surface area is 139 Å². The lowest BCUT2D eigenvalue weighted by molar-refractivity contribution is -0.161. The molecule has 3 aliphatic carbocycles. The van der Waals surface area contributed by atoms with Gasteiger partial charge in [0.2, 0.25) is 0 Å². The van der Waals surface area contributed by atoms with Gasteiger partial charge >= 0.3 is 0 Å². The number of hydrogen-bond acceptors (Lipinski definition) is 4. The summed E-state index contributed by atoms with van der Waals surface area (Å²) >= 11 is 0. The zero-order valence-corrected chi connectivity index (χ0v) is 15.8. The van der Waals surface area contributed by atoms with Gasteiger partial charge in [0.1, 0.15) is 6.10 Å². The second-order valence-corrected chi connectivity index (χ2v) is 14.1. The number of ether oxygens (including phenoxy) is 1. The molecule has 1 saturated heterocycles. The first kappa shape index (κ1) is 16.0. The van der Waals surface area contributed by atoms with Crippen LogP contribution in [0.5, 0.6) is 0 Å². The zero-order valence-electron chi connectivity index (χ0n) is 14.8. The van der Waals surface area contributed by atoms with Crippen LogP contribution in [-0.4, -0.2) is 43.6 Å². The van der Waals surface area contributed by atoms with Crippen molar-refractivity contribution in [3.63, 3.8) is 0 Å². The van der Waals surface area contributed by atoms with Gasteiger partial charge in [0.15, 0.2) is 14.1 Å². The van der Waals surface area contributed by atoms with E-state index in [1.165, 1.54) is 0 Å².